The number of carbonyl (C=O) groups excluding carboxylic acids is 1. The lowest BCUT2D eigenvalue weighted by atomic mass is 9.73. The number of hydrogen-bond acceptors (Lipinski definition) is 4. The van der Waals surface area contributed by atoms with Gasteiger partial charge < -0.3 is 13.9 Å². The number of ether oxygens (including phenoxy) is 2. The molecule has 42 heavy (non-hydrogen) atoms. The third kappa shape index (κ3) is 8.50. The first kappa shape index (κ1) is 32.8. The van der Waals surface area contributed by atoms with Gasteiger partial charge in [-0.1, -0.05) is 109 Å². The molecule has 0 radical (unpaired) electrons. The Hall–Kier alpha value is -2.11. The molecule has 5 heteroatoms. The first-order chi connectivity index (χ1) is 20.0. The molecular weight excluding hydrogens is 536 g/mol. The first-order valence-corrected chi connectivity index (χ1v) is 19.5. The fraction of sp³-hybridized carbons (Fsp3) is 0.649. The van der Waals surface area contributed by atoms with Crippen molar-refractivity contribution in [2.24, 2.45) is 23.7 Å². The average Bonchev–Trinajstić information content (AvgIpc) is 3.27. The summed E-state index contributed by atoms with van der Waals surface area (Å²) in [5.41, 5.74) is 3.66. The maximum absolute atomic E-state index is 12.5. The van der Waals surface area contributed by atoms with Gasteiger partial charge in [0.05, 0.1) is 0 Å². The van der Waals surface area contributed by atoms with Gasteiger partial charge in [0.15, 0.2) is 14.9 Å². The van der Waals surface area contributed by atoms with Crippen LogP contribution in [0.2, 0.25) is 18.1 Å². The van der Waals surface area contributed by atoms with E-state index in [0.29, 0.717) is 23.9 Å². The third-order valence-electron chi connectivity index (χ3n) is 10.5. The minimum atomic E-state index is -1.88. The van der Waals surface area contributed by atoms with Gasteiger partial charge in [-0.25, -0.2) is 4.79 Å². The number of benzene rings is 2. The highest BCUT2D eigenvalue weighted by atomic mass is 28.4. The van der Waals surface area contributed by atoms with Crippen LogP contribution in [0.5, 0.6) is 5.75 Å². The highest BCUT2D eigenvalue weighted by Gasteiger charge is 2.49. The summed E-state index contributed by atoms with van der Waals surface area (Å²) < 4.78 is 18.8. The summed E-state index contributed by atoms with van der Waals surface area (Å²) in [6.45, 7) is 16.9. The summed E-state index contributed by atoms with van der Waals surface area (Å²) in [4.78, 5) is 12.5. The molecule has 2 aliphatic rings. The monoisotopic (exact) mass is 592 g/mol. The van der Waals surface area contributed by atoms with Gasteiger partial charge in [-0.2, -0.15) is 0 Å². The summed E-state index contributed by atoms with van der Waals surface area (Å²) in [6, 6.07) is 16.2. The van der Waals surface area contributed by atoms with Gasteiger partial charge in [-0.3, -0.25) is 0 Å². The summed E-state index contributed by atoms with van der Waals surface area (Å²) in [5.74, 6) is 3.16. The van der Waals surface area contributed by atoms with Crippen LogP contribution in [0.1, 0.15) is 96.3 Å². The summed E-state index contributed by atoms with van der Waals surface area (Å²) in [5, 5.41) is 0.206. The van der Waals surface area contributed by atoms with Gasteiger partial charge in [-0.15, -0.1) is 0 Å². The second-order valence-corrected chi connectivity index (χ2v) is 19.4. The Kier molecular flexibility index (Phi) is 11.4. The van der Waals surface area contributed by atoms with Crippen molar-refractivity contribution in [3.8, 4) is 5.75 Å². The van der Waals surface area contributed by atoms with Crippen LogP contribution < -0.4 is 4.74 Å². The maximum atomic E-state index is 12.5. The molecule has 0 amide bonds. The largest absolute Gasteiger partial charge is 0.482 e. The molecule has 4 nitrogen and oxygen atoms in total. The van der Waals surface area contributed by atoms with Gasteiger partial charge in [0.1, 0.15) is 12.4 Å². The Bertz CT molecular complexity index is 1140. The molecule has 0 saturated heterocycles. The molecule has 0 aliphatic heterocycles. The molecule has 1 saturated carbocycles. The summed E-state index contributed by atoms with van der Waals surface area (Å²) in [7, 11) is -1.88. The fourth-order valence-corrected chi connectivity index (χ4v) is 8.26. The minimum absolute atomic E-state index is 0.0625. The Balaban J connectivity index is 1.44. The van der Waals surface area contributed by atoms with Gasteiger partial charge in [0.25, 0.3) is 0 Å². The molecule has 4 rings (SSSR count). The standard InChI is InChI=1S/C37H56O4Si/c1-8-9-11-15-27(2)20-21-31-32-22-29-18-14-19-34(39-26-36(38)40-25-28-16-12-10-13-17-28)33(29)23-30(32)24-35(31)41-42(6,7)37(3,4)5/h10,12-14,16-19,27,30-32,35H,8-9,11,15,20-26H2,1-7H3. The van der Waals surface area contributed by atoms with Crippen LogP contribution in [0.25, 0.3) is 0 Å². The third-order valence-corrected chi connectivity index (χ3v) is 15.0. The Morgan fingerprint density at radius 1 is 1.00 bits per heavy atom. The van der Waals surface area contributed by atoms with Crippen molar-refractivity contribution in [1.29, 1.82) is 0 Å². The zero-order valence-corrected chi connectivity index (χ0v) is 28.4. The van der Waals surface area contributed by atoms with E-state index in [1.807, 2.05) is 36.4 Å². The van der Waals surface area contributed by atoms with Crippen LogP contribution >= 0.6 is 0 Å². The van der Waals surface area contributed by atoms with Crippen molar-refractivity contribution >= 4 is 14.3 Å². The second kappa shape index (κ2) is 14.6. The van der Waals surface area contributed by atoms with Crippen molar-refractivity contribution in [2.45, 2.75) is 123 Å². The molecule has 5 unspecified atom stereocenters. The van der Waals surface area contributed by atoms with Gasteiger partial charge in [-0.05, 0) is 90.2 Å². The van der Waals surface area contributed by atoms with Crippen molar-refractivity contribution < 1.29 is 18.7 Å². The zero-order chi connectivity index (χ0) is 30.3. The second-order valence-electron chi connectivity index (χ2n) is 14.7. The number of hydrogen-bond donors (Lipinski definition) is 0. The molecule has 5 atom stereocenters. The highest BCUT2D eigenvalue weighted by Crippen LogP contribution is 2.51. The number of unbranched alkanes of at least 4 members (excludes halogenated alkanes) is 2. The Morgan fingerprint density at radius 2 is 1.76 bits per heavy atom. The van der Waals surface area contributed by atoms with Gasteiger partial charge in [0, 0.05) is 6.10 Å². The first-order valence-electron chi connectivity index (χ1n) is 16.6. The molecule has 0 spiro atoms. The quantitative estimate of drug-likeness (QED) is 0.124. The van der Waals surface area contributed by atoms with E-state index in [1.165, 1.54) is 49.7 Å². The lowest BCUT2D eigenvalue weighted by Gasteiger charge is -2.40. The van der Waals surface area contributed by atoms with Crippen LogP contribution in [0.3, 0.4) is 0 Å². The Labute approximate surface area is 257 Å². The van der Waals surface area contributed by atoms with E-state index in [1.54, 1.807) is 0 Å². The van der Waals surface area contributed by atoms with Crippen LogP contribution in [-0.2, 0) is 33.4 Å². The summed E-state index contributed by atoms with van der Waals surface area (Å²) >= 11 is 0. The van der Waals surface area contributed by atoms with E-state index < -0.39 is 8.32 Å². The van der Waals surface area contributed by atoms with E-state index >= 15 is 0 Å². The smallest absolute Gasteiger partial charge is 0.344 e. The Morgan fingerprint density at radius 3 is 2.48 bits per heavy atom. The topological polar surface area (TPSA) is 44.8 Å². The number of carbonyl (C=O) groups is 1. The molecule has 0 bridgehead atoms. The van der Waals surface area contributed by atoms with Crippen molar-refractivity contribution in [2.75, 3.05) is 6.61 Å². The normalized spacial score (nSPS) is 22.7. The molecule has 0 aromatic heterocycles. The SMILES string of the molecule is CCCCCC(C)CCC1C(O[Si](C)(C)C(C)(C)C)CC2Cc3c(cccc3OCC(=O)OCc3ccccc3)CC21. The summed E-state index contributed by atoms with van der Waals surface area (Å²) in [6.07, 6.45) is 11.5. The van der Waals surface area contributed by atoms with Crippen LogP contribution in [0, 0.1) is 23.7 Å². The number of fused-ring (bicyclic) bond motifs is 2. The zero-order valence-electron chi connectivity index (χ0n) is 27.4. The lowest BCUT2D eigenvalue weighted by Crippen LogP contribution is -2.45. The molecule has 0 heterocycles. The van der Waals surface area contributed by atoms with E-state index in [0.717, 1.165) is 36.5 Å². The molecule has 2 aromatic rings. The number of rotatable bonds is 14. The molecule has 1 fully saturated rings. The van der Waals surface area contributed by atoms with Gasteiger partial charge in [0.2, 0.25) is 0 Å². The van der Waals surface area contributed by atoms with E-state index in [9.17, 15) is 4.79 Å². The molecule has 2 aromatic carbocycles. The average molecular weight is 593 g/mol. The van der Waals surface area contributed by atoms with Crippen LogP contribution in [0.4, 0.5) is 0 Å². The van der Waals surface area contributed by atoms with E-state index in [-0.39, 0.29) is 24.2 Å². The lowest BCUT2D eigenvalue weighted by molar-refractivity contribution is -0.147. The van der Waals surface area contributed by atoms with E-state index in [4.69, 9.17) is 13.9 Å². The van der Waals surface area contributed by atoms with Crippen molar-refractivity contribution in [3.05, 3.63) is 65.2 Å². The fourth-order valence-electron chi connectivity index (χ4n) is 6.88. The molecular formula is C37H56O4Si. The highest BCUT2D eigenvalue weighted by molar-refractivity contribution is 6.74. The van der Waals surface area contributed by atoms with Crippen molar-refractivity contribution in [1.82, 2.24) is 0 Å². The van der Waals surface area contributed by atoms with Crippen molar-refractivity contribution in [3.63, 3.8) is 0 Å². The van der Waals surface area contributed by atoms with Gasteiger partial charge >= 0.3 is 5.97 Å². The van der Waals surface area contributed by atoms with E-state index in [2.05, 4.69) is 59.8 Å². The molecule has 2 aliphatic carbocycles. The van der Waals surface area contributed by atoms with Crippen LogP contribution in [0.15, 0.2) is 48.5 Å². The number of esters is 1. The predicted molar refractivity (Wildman–Crippen MR) is 175 cm³/mol. The predicted octanol–water partition coefficient (Wildman–Crippen LogP) is 9.55. The van der Waals surface area contributed by atoms with Crippen LogP contribution in [-0.4, -0.2) is 27.0 Å². The molecule has 232 valence electrons. The minimum Gasteiger partial charge on any atom is -0.482 e. The maximum Gasteiger partial charge on any atom is 0.344 e. The molecule has 0 N–H and O–H groups in total.